The molecule has 3 aromatic rings. The summed E-state index contributed by atoms with van der Waals surface area (Å²) in [6.45, 7) is 4.95. The van der Waals surface area contributed by atoms with Gasteiger partial charge in [-0.15, -0.1) is 0 Å². The van der Waals surface area contributed by atoms with Gasteiger partial charge in [-0.25, -0.2) is 4.68 Å². The van der Waals surface area contributed by atoms with Crippen molar-refractivity contribution in [1.29, 1.82) is 0 Å². The monoisotopic (exact) mass is 405 g/mol. The van der Waals surface area contributed by atoms with Gasteiger partial charge in [0.1, 0.15) is 11.5 Å². The van der Waals surface area contributed by atoms with Gasteiger partial charge in [0, 0.05) is 11.8 Å². The number of carbonyl (C=O) groups is 1. The Bertz CT molecular complexity index is 1120. The number of halogens is 3. The van der Waals surface area contributed by atoms with Gasteiger partial charge < -0.3 is 9.73 Å². The van der Waals surface area contributed by atoms with Gasteiger partial charge in [0.15, 0.2) is 5.69 Å². The Morgan fingerprint density at radius 3 is 2.52 bits per heavy atom. The summed E-state index contributed by atoms with van der Waals surface area (Å²) in [6.07, 6.45) is -4.53. The third-order valence-corrected chi connectivity index (χ3v) is 4.28. The van der Waals surface area contributed by atoms with Crippen molar-refractivity contribution >= 4 is 5.91 Å². The Hall–Kier alpha value is -3.36. The predicted octanol–water partition coefficient (Wildman–Crippen LogP) is 3.95. The summed E-state index contributed by atoms with van der Waals surface area (Å²) in [5.41, 5.74) is -1.54. The third-order valence-electron chi connectivity index (χ3n) is 4.28. The maximum atomic E-state index is 13.0. The zero-order valence-electron chi connectivity index (χ0n) is 15.9. The second kappa shape index (κ2) is 7.57. The maximum Gasteiger partial charge on any atom is 0.416 e. The molecule has 0 fully saturated rings. The van der Waals surface area contributed by atoms with E-state index in [1.807, 2.05) is 0 Å². The molecule has 0 saturated heterocycles. The van der Waals surface area contributed by atoms with E-state index in [2.05, 4.69) is 10.4 Å². The molecular formula is C20H18F3N3O3. The third kappa shape index (κ3) is 4.39. The van der Waals surface area contributed by atoms with Crippen molar-refractivity contribution in [3.8, 4) is 5.69 Å². The molecule has 0 saturated carbocycles. The Labute approximate surface area is 164 Å². The molecule has 2 heterocycles. The smallest absolute Gasteiger partial charge is 0.416 e. The highest BCUT2D eigenvalue weighted by Crippen LogP contribution is 2.30. The summed E-state index contributed by atoms with van der Waals surface area (Å²) in [4.78, 5) is 24.8. The number of benzene rings is 1. The van der Waals surface area contributed by atoms with E-state index in [1.165, 1.54) is 19.1 Å². The molecule has 9 heteroatoms. The number of rotatable bonds is 4. The highest BCUT2D eigenvalue weighted by molar-refractivity contribution is 5.92. The van der Waals surface area contributed by atoms with Crippen molar-refractivity contribution in [2.45, 2.75) is 33.0 Å². The van der Waals surface area contributed by atoms with Crippen molar-refractivity contribution in [3.63, 3.8) is 0 Å². The van der Waals surface area contributed by atoms with E-state index in [4.69, 9.17) is 4.42 Å². The molecule has 0 spiro atoms. The molecular weight excluding hydrogens is 387 g/mol. The molecule has 29 heavy (non-hydrogen) atoms. The van der Waals surface area contributed by atoms with Crippen LogP contribution in [-0.2, 0) is 6.18 Å². The van der Waals surface area contributed by atoms with Crippen LogP contribution >= 0.6 is 0 Å². The van der Waals surface area contributed by atoms with Crippen molar-refractivity contribution in [1.82, 2.24) is 15.1 Å². The Morgan fingerprint density at radius 2 is 1.90 bits per heavy atom. The molecule has 1 aromatic carbocycles. The van der Waals surface area contributed by atoms with E-state index in [9.17, 15) is 22.8 Å². The first-order chi connectivity index (χ1) is 13.6. The molecule has 1 amide bonds. The summed E-state index contributed by atoms with van der Waals surface area (Å²) >= 11 is 0. The summed E-state index contributed by atoms with van der Waals surface area (Å²) < 4.78 is 45.6. The van der Waals surface area contributed by atoms with E-state index in [0.29, 0.717) is 17.2 Å². The van der Waals surface area contributed by atoms with Crippen molar-refractivity contribution in [3.05, 3.63) is 81.2 Å². The Balaban J connectivity index is 1.96. The number of furan rings is 1. The number of amides is 1. The minimum Gasteiger partial charge on any atom is -0.464 e. The van der Waals surface area contributed by atoms with Gasteiger partial charge >= 0.3 is 6.18 Å². The molecule has 0 bridgehead atoms. The zero-order chi connectivity index (χ0) is 21.3. The number of nitrogens with one attached hydrogen (secondary N) is 1. The largest absolute Gasteiger partial charge is 0.464 e. The topological polar surface area (TPSA) is 77.1 Å². The van der Waals surface area contributed by atoms with Gasteiger partial charge in [0.2, 0.25) is 5.43 Å². The van der Waals surface area contributed by atoms with Crippen LogP contribution < -0.4 is 10.7 Å². The Morgan fingerprint density at radius 1 is 1.17 bits per heavy atom. The summed E-state index contributed by atoms with van der Waals surface area (Å²) in [6, 6.07) is 8.55. The van der Waals surface area contributed by atoms with Crippen molar-refractivity contribution in [2.24, 2.45) is 0 Å². The molecule has 0 radical (unpaired) electrons. The van der Waals surface area contributed by atoms with Crippen LogP contribution in [0, 0.1) is 13.8 Å². The van der Waals surface area contributed by atoms with Gasteiger partial charge in [-0.3, -0.25) is 9.59 Å². The van der Waals surface area contributed by atoms with E-state index in [1.54, 1.807) is 26.0 Å². The molecule has 6 nitrogen and oxygen atoms in total. The molecule has 1 N–H and O–H groups in total. The quantitative estimate of drug-likeness (QED) is 0.713. The van der Waals surface area contributed by atoms with E-state index in [0.717, 1.165) is 22.9 Å². The molecule has 0 aliphatic heterocycles. The molecule has 2 aromatic heterocycles. The number of aryl methyl sites for hydroxylation is 2. The van der Waals surface area contributed by atoms with Crippen molar-refractivity contribution in [2.75, 3.05) is 0 Å². The fourth-order valence-electron chi connectivity index (χ4n) is 2.80. The molecule has 0 aliphatic rings. The molecule has 152 valence electrons. The van der Waals surface area contributed by atoms with Crippen molar-refractivity contribution < 1.29 is 22.4 Å². The van der Waals surface area contributed by atoms with Crippen LogP contribution in [0.15, 0.2) is 51.7 Å². The summed E-state index contributed by atoms with van der Waals surface area (Å²) in [7, 11) is 0. The highest BCUT2D eigenvalue weighted by atomic mass is 19.4. The summed E-state index contributed by atoms with van der Waals surface area (Å²) in [5, 5.41) is 6.62. The number of carbonyl (C=O) groups excluding carboxylic acids is 1. The number of hydrogen-bond donors (Lipinski definition) is 1. The lowest BCUT2D eigenvalue weighted by atomic mass is 10.2. The molecule has 1 unspecified atom stereocenters. The SMILES string of the molecule is Cc1ccc(C(C)NC(=O)c2nn(-c3cccc(C(F)(F)F)c3)c(C)cc2=O)o1. The fourth-order valence-corrected chi connectivity index (χ4v) is 2.80. The standard InChI is InChI=1S/C20H18F3N3O3/c1-11-9-16(27)18(19(28)24-13(3)17-8-7-12(2)29-17)25-26(11)15-6-4-5-14(10-15)20(21,22)23/h4-10,13H,1-3H3,(H,24,28). The van der Waals surface area contributed by atoms with E-state index < -0.39 is 34.8 Å². The normalized spacial score (nSPS) is 12.6. The second-order valence-corrected chi connectivity index (χ2v) is 6.60. The van der Waals surface area contributed by atoms with Gasteiger partial charge in [-0.05, 0) is 51.1 Å². The van der Waals surface area contributed by atoms with Crippen LogP contribution in [-0.4, -0.2) is 15.7 Å². The minimum absolute atomic E-state index is 0.0843. The number of hydrogen-bond acceptors (Lipinski definition) is 4. The van der Waals surface area contributed by atoms with Crippen LogP contribution in [0.2, 0.25) is 0 Å². The van der Waals surface area contributed by atoms with Gasteiger partial charge in [-0.1, -0.05) is 6.07 Å². The van der Waals surface area contributed by atoms with Crippen LogP contribution in [0.4, 0.5) is 13.2 Å². The lowest BCUT2D eigenvalue weighted by Gasteiger charge is -2.15. The molecule has 0 aliphatic carbocycles. The first kappa shape index (κ1) is 20.4. The fraction of sp³-hybridized carbons (Fsp3) is 0.250. The Kier molecular flexibility index (Phi) is 5.32. The van der Waals surface area contributed by atoms with Crippen LogP contribution in [0.5, 0.6) is 0 Å². The van der Waals surface area contributed by atoms with Crippen LogP contribution in [0.1, 0.15) is 46.2 Å². The van der Waals surface area contributed by atoms with Crippen LogP contribution in [0.25, 0.3) is 5.69 Å². The molecule has 3 rings (SSSR count). The van der Waals surface area contributed by atoms with Crippen LogP contribution in [0.3, 0.4) is 0 Å². The second-order valence-electron chi connectivity index (χ2n) is 6.60. The highest BCUT2D eigenvalue weighted by Gasteiger charge is 2.30. The van der Waals surface area contributed by atoms with Gasteiger partial charge in [0.25, 0.3) is 5.91 Å². The lowest BCUT2D eigenvalue weighted by molar-refractivity contribution is -0.137. The average molecular weight is 405 g/mol. The lowest BCUT2D eigenvalue weighted by Crippen LogP contribution is -2.33. The van der Waals surface area contributed by atoms with E-state index >= 15 is 0 Å². The maximum absolute atomic E-state index is 13.0. The van der Waals surface area contributed by atoms with E-state index in [-0.39, 0.29) is 5.69 Å². The van der Waals surface area contributed by atoms with Gasteiger partial charge in [-0.2, -0.15) is 18.3 Å². The number of aromatic nitrogens is 2. The average Bonchev–Trinajstić information content (AvgIpc) is 3.07. The van der Waals surface area contributed by atoms with Gasteiger partial charge in [0.05, 0.1) is 17.3 Å². The minimum atomic E-state index is -4.53. The summed E-state index contributed by atoms with van der Waals surface area (Å²) in [5.74, 6) is 0.417. The molecule has 1 atom stereocenters. The zero-order valence-corrected chi connectivity index (χ0v) is 15.9. The first-order valence-electron chi connectivity index (χ1n) is 8.72. The number of nitrogens with zero attached hydrogens (tertiary/aromatic N) is 2. The predicted molar refractivity (Wildman–Crippen MR) is 98.9 cm³/mol. The number of alkyl halides is 3. The first-order valence-corrected chi connectivity index (χ1v) is 8.72.